The smallest absolute Gasteiger partial charge is 0.289 e. The molecule has 166 valence electrons. The lowest BCUT2D eigenvalue weighted by Crippen LogP contribution is -2.23. The van der Waals surface area contributed by atoms with Crippen LogP contribution in [0.3, 0.4) is 0 Å². The molecule has 10 heteroatoms. The van der Waals surface area contributed by atoms with Crippen molar-refractivity contribution in [2.45, 2.75) is 57.3 Å². The fourth-order valence-electron chi connectivity index (χ4n) is 3.25. The number of amides is 1. The molecule has 2 aromatic rings. The Hall–Kier alpha value is -2.20. The van der Waals surface area contributed by atoms with Crippen LogP contribution in [-0.2, 0) is 19.7 Å². The number of nitrogens with one attached hydrogen (secondary N) is 1. The Kier molecular flexibility index (Phi) is 7.46. The van der Waals surface area contributed by atoms with Gasteiger partial charge in [0.2, 0.25) is 0 Å². The standard InChI is InChI=1S/C20H29N3O5S2/c1-6-11-29(25,26)18-16-15(5)9-8-10-23(16)17(19(18)30(27,28)12-7-2)20(24)22-21-13-14(3)4/h8-10,13-14H,6-7,11-12H2,1-5H3,(H,22,24). The minimum absolute atomic E-state index is 0.0698. The van der Waals surface area contributed by atoms with E-state index in [9.17, 15) is 21.6 Å². The lowest BCUT2D eigenvalue weighted by Gasteiger charge is -2.09. The average molecular weight is 456 g/mol. The molecule has 0 spiro atoms. The number of aromatic nitrogens is 1. The number of carbonyl (C=O) groups is 1. The van der Waals surface area contributed by atoms with Crippen molar-refractivity contribution in [1.29, 1.82) is 0 Å². The van der Waals surface area contributed by atoms with Crippen LogP contribution in [0.5, 0.6) is 0 Å². The Morgan fingerprint density at radius 2 is 1.67 bits per heavy atom. The molecule has 30 heavy (non-hydrogen) atoms. The van der Waals surface area contributed by atoms with Crippen molar-refractivity contribution in [3.8, 4) is 0 Å². The van der Waals surface area contributed by atoms with Crippen molar-refractivity contribution in [2.75, 3.05) is 11.5 Å². The van der Waals surface area contributed by atoms with Gasteiger partial charge in [-0.1, -0.05) is 33.8 Å². The van der Waals surface area contributed by atoms with Crippen LogP contribution in [0.25, 0.3) is 5.52 Å². The third kappa shape index (κ3) is 4.75. The molecule has 0 saturated heterocycles. The fraction of sp³-hybridized carbons (Fsp3) is 0.500. The first kappa shape index (κ1) is 24.1. The highest BCUT2D eigenvalue weighted by molar-refractivity contribution is 7.94. The maximum atomic E-state index is 13.2. The molecule has 8 nitrogen and oxygen atoms in total. The Bertz CT molecular complexity index is 1180. The summed E-state index contributed by atoms with van der Waals surface area (Å²) < 4.78 is 54.1. The summed E-state index contributed by atoms with van der Waals surface area (Å²) in [6.45, 7) is 8.83. The predicted octanol–water partition coefficient (Wildman–Crippen LogP) is 2.99. The van der Waals surface area contributed by atoms with Gasteiger partial charge in [-0.3, -0.25) is 4.79 Å². The maximum Gasteiger partial charge on any atom is 0.289 e. The molecule has 1 amide bonds. The molecular formula is C20H29N3O5S2. The molecule has 0 fully saturated rings. The van der Waals surface area contributed by atoms with E-state index in [1.165, 1.54) is 16.8 Å². The second-order valence-corrected chi connectivity index (χ2v) is 11.6. The van der Waals surface area contributed by atoms with Gasteiger partial charge in [-0.25, -0.2) is 22.3 Å². The monoisotopic (exact) mass is 455 g/mol. The number of fused-ring (bicyclic) bond motifs is 1. The second kappa shape index (κ2) is 9.30. The number of carbonyl (C=O) groups excluding carboxylic acids is 1. The topological polar surface area (TPSA) is 114 Å². The first-order valence-corrected chi connectivity index (χ1v) is 13.2. The van der Waals surface area contributed by atoms with Gasteiger partial charge in [-0.2, -0.15) is 5.10 Å². The lowest BCUT2D eigenvalue weighted by atomic mass is 10.2. The van der Waals surface area contributed by atoms with Crippen LogP contribution >= 0.6 is 0 Å². The van der Waals surface area contributed by atoms with E-state index < -0.39 is 30.5 Å². The lowest BCUT2D eigenvalue weighted by molar-refractivity contribution is 0.0945. The van der Waals surface area contributed by atoms with Crippen LogP contribution in [-0.4, -0.2) is 44.9 Å². The molecule has 0 unspecified atom stereocenters. The maximum absolute atomic E-state index is 13.2. The Morgan fingerprint density at radius 1 is 1.10 bits per heavy atom. The first-order valence-electron chi connectivity index (χ1n) is 9.90. The van der Waals surface area contributed by atoms with Gasteiger partial charge in [0.25, 0.3) is 5.91 Å². The van der Waals surface area contributed by atoms with Crippen LogP contribution in [0.1, 0.15) is 56.6 Å². The van der Waals surface area contributed by atoms with Gasteiger partial charge in [-0.15, -0.1) is 0 Å². The Morgan fingerprint density at radius 3 is 2.20 bits per heavy atom. The van der Waals surface area contributed by atoms with E-state index in [-0.39, 0.29) is 40.0 Å². The SMILES string of the molecule is CCCS(=O)(=O)c1c(S(=O)(=O)CCC)c2c(C)cccn2c1C(=O)NN=CC(C)C. The number of rotatable bonds is 9. The van der Waals surface area contributed by atoms with Gasteiger partial charge in [-0.05, 0) is 37.3 Å². The van der Waals surface area contributed by atoms with Crippen LogP contribution < -0.4 is 5.43 Å². The van der Waals surface area contributed by atoms with Crippen molar-refractivity contribution in [3.63, 3.8) is 0 Å². The van der Waals surface area contributed by atoms with Gasteiger partial charge in [0, 0.05) is 12.4 Å². The summed E-state index contributed by atoms with van der Waals surface area (Å²) in [7, 11) is -8.01. The summed E-state index contributed by atoms with van der Waals surface area (Å²) in [4.78, 5) is 12.3. The minimum Gasteiger partial charge on any atom is -0.310 e. The summed E-state index contributed by atoms with van der Waals surface area (Å²) >= 11 is 0. The number of pyridine rings is 1. The molecule has 1 N–H and O–H groups in total. The zero-order valence-electron chi connectivity index (χ0n) is 18.0. The molecule has 0 atom stereocenters. The highest BCUT2D eigenvalue weighted by Crippen LogP contribution is 2.35. The van der Waals surface area contributed by atoms with Crippen LogP contribution in [0.4, 0.5) is 0 Å². The molecule has 0 radical (unpaired) electrons. The highest BCUT2D eigenvalue weighted by atomic mass is 32.2. The summed E-state index contributed by atoms with van der Waals surface area (Å²) in [6.07, 6.45) is 3.61. The van der Waals surface area contributed by atoms with Gasteiger partial charge in [0.05, 0.1) is 17.0 Å². The number of hydrogen-bond donors (Lipinski definition) is 1. The third-order valence-corrected chi connectivity index (χ3v) is 8.45. The van der Waals surface area contributed by atoms with Crippen LogP contribution in [0.15, 0.2) is 33.2 Å². The predicted molar refractivity (Wildman–Crippen MR) is 118 cm³/mol. The van der Waals surface area contributed by atoms with Crippen molar-refractivity contribution in [1.82, 2.24) is 9.83 Å². The summed E-state index contributed by atoms with van der Waals surface area (Å²) in [5.74, 6) is -1.20. The number of aryl methyl sites for hydroxylation is 1. The number of hydrazone groups is 1. The van der Waals surface area contributed by atoms with Crippen molar-refractivity contribution >= 4 is 37.3 Å². The molecule has 0 saturated carbocycles. The zero-order chi connectivity index (χ0) is 22.7. The summed E-state index contributed by atoms with van der Waals surface area (Å²) in [5, 5.41) is 3.87. The summed E-state index contributed by atoms with van der Waals surface area (Å²) in [6, 6.07) is 3.33. The molecular weight excluding hydrogens is 426 g/mol. The van der Waals surface area contributed by atoms with E-state index in [0.717, 1.165) is 0 Å². The van der Waals surface area contributed by atoms with E-state index in [2.05, 4.69) is 10.5 Å². The molecule has 2 aromatic heterocycles. The molecule has 2 rings (SSSR count). The van der Waals surface area contributed by atoms with Crippen LogP contribution in [0, 0.1) is 12.8 Å². The molecule has 0 aliphatic rings. The Labute approximate surface area is 178 Å². The molecule has 0 aliphatic carbocycles. The van der Waals surface area contributed by atoms with Crippen molar-refractivity contribution < 1.29 is 21.6 Å². The minimum atomic E-state index is -4.05. The molecule has 0 aromatic carbocycles. The summed E-state index contributed by atoms with van der Waals surface area (Å²) in [5.41, 5.74) is 2.87. The van der Waals surface area contributed by atoms with E-state index in [1.807, 2.05) is 13.8 Å². The molecule has 2 heterocycles. The number of nitrogens with zero attached hydrogens (tertiary/aromatic N) is 2. The third-order valence-electron chi connectivity index (χ3n) is 4.39. The fourth-order valence-corrected chi connectivity index (χ4v) is 7.29. The van der Waals surface area contributed by atoms with Gasteiger partial charge in [0.1, 0.15) is 15.5 Å². The van der Waals surface area contributed by atoms with Crippen LogP contribution in [0.2, 0.25) is 0 Å². The van der Waals surface area contributed by atoms with Crippen molar-refractivity contribution in [2.24, 2.45) is 11.0 Å². The van der Waals surface area contributed by atoms with Crippen molar-refractivity contribution in [3.05, 3.63) is 29.6 Å². The van der Waals surface area contributed by atoms with Gasteiger partial charge >= 0.3 is 0 Å². The first-order chi connectivity index (χ1) is 14.0. The van der Waals surface area contributed by atoms with Gasteiger partial charge < -0.3 is 4.40 Å². The van der Waals surface area contributed by atoms with E-state index in [0.29, 0.717) is 12.0 Å². The zero-order valence-corrected chi connectivity index (χ0v) is 19.6. The van der Waals surface area contributed by atoms with Gasteiger partial charge in [0.15, 0.2) is 19.7 Å². The quantitative estimate of drug-likeness (QED) is 0.461. The molecule has 0 aliphatic heterocycles. The van der Waals surface area contributed by atoms with E-state index >= 15 is 0 Å². The Balaban J connectivity index is 2.99. The second-order valence-electron chi connectivity index (χ2n) is 7.52. The van der Waals surface area contributed by atoms with E-state index in [4.69, 9.17) is 0 Å². The number of hydrogen-bond acceptors (Lipinski definition) is 6. The normalized spacial score (nSPS) is 12.9. The highest BCUT2D eigenvalue weighted by Gasteiger charge is 2.37. The largest absolute Gasteiger partial charge is 0.310 e. The average Bonchev–Trinajstić information content (AvgIpc) is 2.99. The number of sulfone groups is 2. The molecule has 0 bridgehead atoms. The van der Waals surface area contributed by atoms with E-state index in [1.54, 1.807) is 32.9 Å².